The summed E-state index contributed by atoms with van der Waals surface area (Å²) in [4.78, 5) is 18.7. The Morgan fingerprint density at radius 2 is 2.00 bits per heavy atom. The van der Waals surface area contributed by atoms with E-state index in [1.807, 2.05) is 32.2 Å². The molecule has 0 bridgehead atoms. The van der Waals surface area contributed by atoms with Crippen molar-refractivity contribution in [2.75, 3.05) is 39.8 Å². The number of hydrogen-bond donors (Lipinski definition) is 2. The van der Waals surface area contributed by atoms with Crippen LogP contribution in [-0.2, 0) is 11.3 Å². The largest absolute Gasteiger partial charge is 0.459 e. The third kappa shape index (κ3) is 7.84. The smallest absolute Gasteiger partial charge is 0.287 e. The molecule has 1 amide bonds. The van der Waals surface area contributed by atoms with Crippen LogP contribution in [0.1, 0.15) is 34.5 Å². The lowest BCUT2D eigenvalue weighted by molar-refractivity contribution is 0.0907. The Hall–Kier alpha value is -2.07. The Kier molecular flexibility index (Phi) is 10.9. The molecule has 1 atom stereocenters. The van der Waals surface area contributed by atoms with Crippen molar-refractivity contribution in [3.8, 4) is 0 Å². The lowest BCUT2D eigenvalue weighted by Crippen LogP contribution is -2.41. The quantitative estimate of drug-likeness (QED) is 0.221. The predicted molar refractivity (Wildman–Crippen MR) is 133 cm³/mol. The number of carbonyl (C=O) groups excluding carboxylic acids is 1. The van der Waals surface area contributed by atoms with Gasteiger partial charge in [-0.25, -0.2) is 0 Å². The number of guanidine groups is 1. The minimum Gasteiger partial charge on any atom is -0.459 e. The summed E-state index contributed by atoms with van der Waals surface area (Å²) in [7, 11) is 1.81. The standard InChI is InChI=1S/C23H32N4O3.HI/c1-18-10-14-30-21(18)22(28)25-11-6-12-26-23(24-2)27-13-9-20(15-27)17-29-16-19-7-4-3-5-8-19;/h3-5,7-8,10,14,20H,6,9,11-13,15-17H2,1-2H3,(H,24,26)(H,25,28);1H. The van der Waals surface area contributed by atoms with Gasteiger partial charge in [-0.15, -0.1) is 24.0 Å². The van der Waals surface area contributed by atoms with Crippen LogP contribution in [0.4, 0.5) is 0 Å². The summed E-state index contributed by atoms with van der Waals surface area (Å²) in [5, 5.41) is 6.28. The molecule has 2 aromatic rings. The minimum absolute atomic E-state index is 0. The number of nitrogens with zero attached hydrogens (tertiary/aromatic N) is 2. The average molecular weight is 540 g/mol. The minimum atomic E-state index is -0.167. The molecule has 1 unspecified atom stereocenters. The van der Waals surface area contributed by atoms with Crippen molar-refractivity contribution in [3.63, 3.8) is 0 Å². The van der Waals surface area contributed by atoms with Gasteiger partial charge in [-0.3, -0.25) is 9.79 Å². The molecule has 1 aliphatic heterocycles. The molecule has 0 saturated carbocycles. The Balaban J connectivity index is 0.00000341. The number of ether oxygens (including phenoxy) is 1. The summed E-state index contributed by atoms with van der Waals surface area (Å²) in [5.41, 5.74) is 2.06. The molecule has 3 rings (SSSR count). The Labute approximate surface area is 201 Å². The SMILES string of the molecule is CN=C(NCCCNC(=O)c1occc1C)N1CCC(COCc2ccccc2)C1.I. The normalized spacial score (nSPS) is 16.1. The Morgan fingerprint density at radius 1 is 1.23 bits per heavy atom. The number of aryl methyl sites for hydroxylation is 1. The van der Waals surface area contributed by atoms with Gasteiger partial charge in [0.1, 0.15) is 0 Å². The second-order valence-corrected chi connectivity index (χ2v) is 7.62. The van der Waals surface area contributed by atoms with Crippen molar-refractivity contribution in [2.24, 2.45) is 10.9 Å². The Morgan fingerprint density at radius 3 is 2.71 bits per heavy atom. The van der Waals surface area contributed by atoms with Crippen LogP contribution in [0.3, 0.4) is 0 Å². The molecule has 1 saturated heterocycles. The number of benzene rings is 1. The van der Waals surface area contributed by atoms with Gasteiger partial charge in [-0.2, -0.15) is 0 Å². The van der Waals surface area contributed by atoms with E-state index in [0.29, 0.717) is 24.8 Å². The lowest BCUT2D eigenvalue weighted by Gasteiger charge is -2.21. The van der Waals surface area contributed by atoms with Gasteiger partial charge in [-0.05, 0) is 31.4 Å². The molecule has 7 nitrogen and oxygen atoms in total. The topological polar surface area (TPSA) is 79.1 Å². The first-order chi connectivity index (χ1) is 14.7. The van der Waals surface area contributed by atoms with Gasteiger partial charge in [0, 0.05) is 44.7 Å². The van der Waals surface area contributed by atoms with E-state index in [4.69, 9.17) is 9.15 Å². The number of halogens is 1. The monoisotopic (exact) mass is 540 g/mol. The fourth-order valence-electron chi connectivity index (χ4n) is 3.59. The number of furan rings is 1. The summed E-state index contributed by atoms with van der Waals surface area (Å²) in [6.07, 6.45) is 3.45. The van der Waals surface area contributed by atoms with Gasteiger partial charge in [0.05, 0.1) is 19.5 Å². The molecule has 1 aromatic carbocycles. The maximum absolute atomic E-state index is 12.0. The van der Waals surface area contributed by atoms with Crippen molar-refractivity contribution < 1.29 is 13.9 Å². The zero-order valence-electron chi connectivity index (χ0n) is 18.3. The van der Waals surface area contributed by atoms with Crippen LogP contribution < -0.4 is 10.6 Å². The number of rotatable bonds is 9. The molecule has 8 heteroatoms. The second kappa shape index (κ2) is 13.4. The van der Waals surface area contributed by atoms with E-state index < -0.39 is 0 Å². The Bertz CT molecular complexity index is 825. The molecular weight excluding hydrogens is 507 g/mol. The molecule has 31 heavy (non-hydrogen) atoms. The number of amides is 1. The molecule has 0 radical (unpaired) electrons. The first-order valence-electron chi connectivity index (χ1n) is 10.6. The van der Waals surface area contributed by atoms with Crippen LogP contribution in [0.15, 0.2) is 52.1 Å². The van der Waals surface area contributed by atoms with Crippen LogP contribution in [0.25, 0.3) is 0 Å². The summed E-state index contributed by atoms with van der Waals surface area (Å²) in [6, 6.07) is 12.1. The maximum atomic E-state index is 12.0. The first-order valence-corrected chi connectivity index (χ1v) is 10.6. The van der Waals surface area contributed by atoms with Crippen molar-refractivity contribution in [3.05, 3.63) is 59.5 Å². The van der Waals surface area contributed by atoms with E-state index in [1.54, 1.807) is 6.07 Å². The molecule has 1 aliphatic rings. The fourth-order valence-corrected chi connectivity index (χ4v) is 3.59. The second-order valence-electron chi connectivity index (χ2n) is 7.62. The van der Waals surface area contributed by atoms with E-state index in [-0.39, 0.29) is 29.9 Å². The molecule has 1 aromatic heterocycles. The summed E-state index contributed by atoms with van der Waals surface area (Å²) in [6.45, 7) is 6.54. The predicted octanol–water partition coefficient (Wildman–Crippen LogP) is 3.44. The summed E-state index contributed by atoms with van der Waals surface area (Å²) in [5.74, 6) is 1.65. The highest BCUT2D eigenvalue weighted by atomic mass is 127. The van der Waals surface area contributed by atoms with Crippen LogP contribution in [-0.4, -0.2) is 56.6 Å². The van der Waals surface area contributed by atoms with Crippen molar-refractivity contribution in [2.45, 2.75) is 26.4 Å². The molecule has 0 aliphatic carbocycles. The first kappa shape index (κ1) is 25.2. The van der Waals surface area contributed by atoms with Crippen LogP contribution >= 0.6 is 24.0 Å². The van der Waals surface area contributed by atoms with Gasteiger partial charge < -0.3 is 24.7 Å². The molecular formula is C23H33IN4O3. The third-order valence-corrected chi connectivity index (χ3v) is 5.25. The van der Waals surface area contributed by atoms with Crippen LogP contribution in [0.2, 0.25) is 0 Å². The highest BCUT2D eigenvalue weighted by Crippen LogP contribution is 2.17. The molecule has 170 valence electrons. The summed E-state index contributed by atoms with van der Waals surface area (Å²) >= 11 is 0. The van der Waals surface area contributed by atoms with Crippen molar-refractivity contribution in [1.29, 1.82) is 0 Å². The zero-order valence-corrected chi connectivity index (χ0v) is 20.6. The van der Waals surface area contributed by atoms with Gasteiger partial charge >= 0.3 is 0 Å². The van der Waals surface area contributed by atoms with Gasteiger partial charge in [-0.1, -0.05) is 30.3 Å². The van der Waals surface area contributed by atoms with E-state index in [2.05, 4.69) is 32.7 Å². The number of likely N-dealkylation sites (tertiary alicyclic amines) is 1. The number of carbonyl (C=O) groups is 1. The molecule has 2 N–H and O–H groups in total. The third-order valence-electron chi connectivity index (χ3n) is 5.25. The number of nitrogens with one attached hydrogen (secondary N) is 2. The van der Waals surface area contributed by atoms with Gasteiger partial charge in [0.25, 0.3) is 5.91 Å². The van der Waals surface area contributed by atoms with E-state index >= 15 is 0 Å². The van der Waals surface area contributed by atoms with Crippen LogP contribution in [0.5, 0.6) is 0 Å². The zero-order chi connectivity index (χ0) is 21.2. The van der Waals surface area contributed by atoms with Crippen LogP contribution in [0, 0.1) is 12.8 Å². The molecule has 0 spiro atoms. The van der Waals surface area contributed by atoms with E-state index in [9.17, 15) is 4.79 Å². The average Bonchev–Trinajstić information content (AvgIpc) is 3.40. The number of hydrogen-bond acceptors (Lipinski definition) is 4. The highest BCUT2D eigenvalue weighted by Gasteiger charge is 2.24. The maximum Gasteiger partial charge on any atom is 0.287 e. The van der Waals surface area contributed by atoms with Crippen molar-refractivity contribution in [1.82, 2.24) is 15.5 Å². The molecule has 1 fully saturated rings. The van der Waals surface area contributed by atoms with Gasteiger partial charge in [0.2, 0.25) is 0 Å². The lowest BCUT2D eigenvalue weighted by atomic mass is 10.1. The fraction of sp³-hybridized carbons (Fsp3) is 0.478. The van der Waals surface area contributed by atoms with Crippen molar-refractivity contribution >= 4 is 35.8 Å². The van der Waals surface area contributed by atoms with E-state index in [0.717, 1.165) is 50.6 Å². The van der Waals surface area contributed by atoms with Gasteiger partial charge in [0.15, 0.2) is 11.7 Å². The molecule has 2 heterocycles. The summed E-state index contributed by atoms with van der Waals surface area (Å²) < 4.78 is 11.1. The number of aliphatic imine (C=N–C) groups is 1. The van der Waals surface area contributed by atoms with E-state index in [1.165, 1.54) is 11.8 Å². The highest BCUT2D eigenvalue weighted by molar-refractivity contribution is 14.0.